The number of benzene rings is 3. The highest BCUT2D eigenvalue weighted by molar-refractivity contribution is 14.1. The van der Waals surface area contributed by atoms with Crippen LogP contribution >= 0.6 is 77.0 Å². The van der Waals surface area contributed by atoms with Gasteiger partial charge in [0, 0.05) is 14.9 Å². The van der Waals surface area contributed by atoms with Gasteiger partial charge in [0.1, 0.15) is 18.2 Å². The Morgan fingerprint density at radius 2 is 1.71 bits per heavy atom. The summed E-state index contributed by atoms with van der Waals surface area (Å²) in [7, 11) is 0. The number of rotatable bonds is 7. The van der Waals surface area contributed by atoms with Crippen LogP contribution in [0.4, 0.5) is 0 Å². The molecule has 0 aliphatic rings. The second kappa shape index (κ2) is 11.8. The third-order valence-corrected chi connectivity index (χ3v) is 8.15. The molecule has 0 bridgehead atoms. The summed E-state index contributed by atoms with van der Waals surface area (Å²) in [6.07, 6.45) is 2.56. The van der Waals surface area contributed by atoms with Gasteiger partial charge in [0.05, 0.1) is 24.3 Å². The van der Waals surface area contributed by atoms with Crippen LogP contribution < -0.4 is 10.3 Å². The lowest BCUT2D eigenvalue weighted by Crippen LogP contribution is -2.23. The highest BCUT2D eigenvalue weighted by Gasteiger charge is 2.16. The molecule has 1 heterocycles. The van der Waals surface area contributed by atoms with Gasteiger partial charge in [0.2, 0.25) is 0 Å². The topological polar surface area (TPSA) is 56.5 Å². The number of hydrogen-bond acceptors (Lipinski definition) is 4. The first-order chi connectivity index (χ1) is 16.8. The Balaban J connectivity index is 1.66. The van der Waals surface area contributed by atoms with Crippen LogP contribution in [0.2, 0.25) is 0 Å². The molecular formula is C26H21Br2I2N3O2. The second-order valence-corrected chi connectivity index (χ2v) is 12.2. The molecule has 3 aromatic carbocycles. The molecule has 180 valence electrons. The van der Waals surface area contributed by atoms with Gasteiger partial charge in [-0.2, -0.15) is 9.78 Å². The van der Waals surface area contributed by atoms with Gasteiger partial charge in [-0.25, -0.2) is 4.98 Å². The standard InChI is InChI=1S/C26H21Br2I2N3O2/c1-3-15(2)25-32-23-9-8-19(28)12-20(23)26(34)33(25)31-13-17-10-21(29)24(22(30)11-17)35-14-16-4-6-18(27)7-5-16/h4-13,15H,3,14H2,1-2H3/t15-/m1/s1. The van der Waals surface area contributed by atoms with Gasteiger partial charge in [-0.05, 0) is 105 Å². The molecule has 4 rings (SSSR count). The molecule has 0 N–H and O–H groups in total. The zero-order valence-electron chi connectivity index (χ0n) is 18.9. The molecule has 0 spiro atoms. The molecule has 0 fully saturated rings. The van der Waals surface area contributed by atoms with Gasteiger partial charge in [0.15, 0.2) is 0 Å². The summed E-state index contributed by atoms with van der Waals surface area (Å²) < 4.78 is 11.4. The third-order valence-electron chi connectivity index (χ3n) is 5.53. The second-order valence-electron chi connectivity index (χ2n) is 8.03. The van der Waals surface area contributed by atoms with Crippen LogP contribution in [0.5, 0.6) is 5.75 Å². The lowest BCUT2D eigenvalue weighted by atomic mass is 10.1. The Hall–Kier alpha value is -1.31. The van der Waals surface area contributed by atoms with Crippen LogP contribution in [0.25, 0.3) is 10.9 Å². The van der Waals surface area contributed by atoms with Gasteiger partial charge in [-0.15, -0.1) is 0 Å². The number of fused-ring (bicyclic) bond motifs is 1. The first-order valence-electron chi connectivity index (χ1n) is 10.9. The molecule has 35 heavy (non-hydrogen) atoms. The van der Waals surface area contributed by atoms with Crippen LogP contribution in [-0.4, -0.2) is 15.9 Å². The summed E-state index contributed by atoms with van der Waals surface area (Å²) in [5.74, 6) is 1.57. The number of aromatic nitrogens is 2. The van der Waals surface area contributed by atoms with E-state index in [0.717, 1.165) is 39.4 Å². The number of hydrogen-bond donors (Lipinski definition) is 0. The zero-order valence-corrected chi connectivity index (χ0v) is 26.4. The average molecular weight is 821 g/mol. The fraction of sp³-hybridized carbons (Fsp3) is 0.192. The molecule has 0 amide bonds. The average Bonchev–Trinajstić information content (AvgIpc) is 2.83. The van der Waals surface area contributed by atoms with E-state index in [-0.39, 0.29) is 11.5 Å². The summed E-state index contributed by atoms with van der Waals surface area (Å²) in [6, 6.07) is 17.6. The van der Waals surface area contributed by atoms with Crippen LogP contribution in [0.15, 0.2) is 73.4 Å². The number of halogens is 4. The van der Waals surface area contributed by atoms with Crippen molar-refractivity contribution in [3.05, 3.63) is 98.0 Å². The largest absolute Gasteiger partial charge is 0.487 e. The maximum Gasteiger partial charge on any atom is 0.282 e. The van der Waals surface area contributed by atoms with E-state index in [1.807, 2.05) is 48.5 Å². The molecule has 5 nitrogen and oxygen atoms in total. The van der Waals surface area contributed by atoms with Crippen LogP contribution in [0.1, 0.15) is 43.1 Å². The van der Waals surface area contributed by atoms with Crippen molar-refractivity contribution in [2.24, 2.45) is 5.10 Å². The van der Waals surface area contributed by atoms with Gasteiger partial charge in [-0.1, -0.05) is 57.8 Å². The quantitative estimate of drug-likeness (QED) is 0.140. The van der Waals surface area contributed by atoms with Gasteiger partial charge >= 0.3 is 0 Å². The molecule has 0 aliphatic carbocycles. The van der Waals surface area contributed by atoms with Crippen molar-refractivity contribution in [3.63, 3.8) is 0 Å². The maximum atomic E-state index is 13.3. The number of ether oxygens (including phenoxy) is 1. The monoisotopic (exact) mass is 819 g/mol. The predicted molar refractivity (Wildman–Crippen MR) is 166 cm³/mol. The van der Waals surface area contributed by atoms with E-state index in [9.17, 15) is 4.79 Å². The molecule has 0 aliphatic heterocycles. The fourth-order valence-corrected chi connectivity index (χ4v) is 6.18. The smallest absolute Gasteiger partial charge is 0.282 e. The molecule has 0 unspecified atom stereocenters. The SMILES string of the molecule is CC[C@@H](C)c1nc2ccc(Br)cc2c(=O)n1N=Cc1cc(I)c(OCc2ccc(Br)cc2)c(I)c1. The Morgan fingerprint density at radius 1 is 1.06 bits per heavy atom. The van der Waals surface area contributed by atoms with Crippen LogP contribution in [-0.2, 0) is 6.61 Å². The summed E-state index contributed by atoms with van der Waals surface area (Å²) in [4.78, 5) is 18.1. The molecule has 0 saturated heterocycles. The minimum absolute atomic E-state index is 0.0857. The lowest BCUT2D eigenvalue weighted by Gasteiger charge is -2.14. The Morgan fingerprint density at radius 3 is 2.37 bits per heavy atom. The maximum absolute atomic E-state index is 13.3. The highest BCUT2D eigenvalue weighted by atomic mass is 127. The molecule has 0 radical (unpaired) electrons. The Kier molecular flexibility index (Phi) is 9.04. The van der Waals surface area contributed by atoms with Crippen molar-refractivity contribution in [2.75, 3.05) is 0 Å². The molecule has 1 aromatic heterocycles. The van der Waals surface area contributed by atoms with Crippen molar-refractivity contribution in [1.82, 2.24) is 9.66 Å². The van der Waals surface area contributed by atoms with Gasteiger partial charge in [0.25, 0.3) is 5.56 Å². The van der Waals surface area contributed by atoms with Crippen molar-refractivity contribution in [3.8, 4) is 5.75 Å². The lowest BCUT2D eigenvalue weighted by molar-refractivity contribution is 0.301. The zero-order chi connectivity index (χ0) is 25.1. The van der Waals surface area contributed by atoms with Crippen molar-refractivity contribution < 1.29 is 4.74 Å². The predicted octanol–water partition coefficient (Wildman–Crippen LogP) is 8.11. The Labute approximate surface area is 247 Å². The molecule has 1 atom stereocenters. The normalized spacial score (nSPS) is 12.4. The molecular weight excluding hydrogens is 800 g/mol. The fourth-order valence-electron chi connectivity index (χ4n) is 3.43. The first kappa shape index (κ1) is 26.7. The minimum Gasteiger partial charge on any atom is -0.487 e. The van der Waals surface area contributed by atoms with E-state index >= 15 is 0 Å². The Bertz CT molecular complexity index is 1450. The first-order valence-corrected chi connectivity index (χ1v) is 14.6. The number of nitrogens with zero attached hydrogens (tertiary/aromatic N) is 3. The van der Waals surface area contributed by atoms with E-state index in [1.54, 1.807) is 12.3 Å². The molecule has 9 heteroatoms. The summed E-state index contributed by atoms with van der Waals surface area (Å²) in [5.41, 5.74) is 2.47. The van der Waals surface area contributed by atoms with Gasteiger partial charge < -0.3 is 4.74 Å². The van der Waals surface area contributed by atoms with E-state index in [2.05, 4.69) is 96.0 Å². The van der Waals surface area contributed by atoms with Crippen molar-refractivity contribution >= 4 is 94.2 Å². The molecule has 0 saturated carbocycles. The third kappa shape index (κ3) is 6.34. The van der Waals surface area contributed by atoms with E-state index in [1.165, 1.54) is 4.68 Å². The van der Waals surface area contributed by atoms with Crippen LogP contribution in [0.3, 0.4) is 0 Å². The van der Waals surface area contributed by atoms with E-state index < -0.39 is 0 Å². The van der Waals surface area contributed by atoms with Gasteiger partial charge in [-0.3, -0.25) is 4.79 Å². The molecule has 4 aromatic rings. The summed E-state index contributed by atoms with van der Waals surface area (Å²) in [6.45, 7) is 4.62. The summed E-state index contributed by atoms with van der Waals surface area (Å²) >= 11 is 11.5. The van der Waals surface area contributed by atoms with Crippen LogP contribution in [0, 0.1) is 7.14 Å². The highest BCUT2D eigenvalue weighted by Crippen LogP contribution is 2.29. The van der Waals surface area contributed by atoms with E-state index in [4.69, 9.17) is 9.72 Å². The minimum atomic E-state index is -0.179. The van der Waals surface area contributed by atoms with E-state index in [0.29, 0.717) is 23.3 Å². The van der Waals surface area contributed by atoms with Crippen molar-refractivity contribution in [2.45, 2.75) is 32.8 Å². The summed E-state index contributed by atoms with van der Waals surface area (Å²) in [5, 5.41) is 5.12. The van der Waals surface area contributed by atoms with Crippen molar-refractivity contribution in [1.29, 1.82) is 0 Å².